The van der Waals surface area contributed by atoms with Crippen molar-refractivity contribution in [3.63, 3.8) is 0 Å². The Hall–Kier alpha value is -3.48. The summed E-state index contributed by atoms with van der Waals surface area (Å²) >= 11 is 0. The molecular formula is C26H32F4N6O3. The molecule has 2 unspecified atom stereocenters. The van der Waals surface area contributed by atoms with Crippen LogP contribution >= 0.6 is 0 Å². The zero-order valence-corrected chi connectivity index (χ0v) is 21.6. The van der Waals surface area contributed by atoms with E-state index < -0.39 is 48.3 Å². The van der Waals surface area contributed by atoms with Crippen LogP contribution in [0.1, 0.15) is 67.7 Å². The summed E-state index contributed by atoms with van der Waals surface area (Å²) in [6, 6.07) is 2.37. The summed E-state index contributed by atoms with van der Waals surface area (Å²) in [5.41, 5.74) is 5.74. The molecule has 212 valence electrons. The van der Waals surface area contributed by atoms with Crippen molar-refractivity contribution in [2.75, 3.05) is 11.9 Å². The number of halogens is 4. The molecule has 9 nitrogen and oxygen atoms in total. The summed E-state index contributed by atoms with van der Waals surface area (Å²) in [6.45, 7) is 2.19. The molecule has 1 aromatic carbocycles. The van der Waals surface area contributed by atoms with Gasteiger partial charge in [-0.3, -0.25) is 19.1 Å². The summed E-state index contributed by atoms with van der Waals surface area (Å²) in [5, 5.41) is 11.3. The van der Waals surface area contributed by atoms with E-state index in [2.05, 4.69) is 15.7 Å². The average molecular weight is 553 g/mol. The lowest BCUT2D eigenvalue weighted by Gasteiger charge is -2.28. The Kier molecular flexibility index (Phi) is 8.28. The molecule has 1 heterocycles. The number of benzene rings is 1. The molecule has 2 fully saturated rings. The molecule has 0 radical (unpaired) electrons. The second kappa shape index (κ2) is 11.3. The first-order chi connectivity index (χ1) is 18.4. The van der Waals surface area contributed by atoms with Gasteiger partial charge in [-0.25, -0.2) is 4.39 Å². The number of aromatic nitrogens is 2. The summed E-state index contributed by atoms with van der Waals surface area (Å²) in [6.07, 6.45) is 0.677. The van der Waals surface area contributed by atoms with Gasteiger partial charge in [-0.2, -0.15) is 18.3 Å². The van der Waals surface area contributed by atoms with Crippen LogP contribution in [0.3, 0.4) is 0 Å². The third kappa shape index (κ3) is 7.14. The first-order valence-electron chi connectivity index (χ1n) is 12.9. The van der Waals surface area contributed by atoms with Crippen LogP contribution < -0.4 is 21.7 Å². The van der Waals surface area contributed by atoms with Crippen LogP contribution in [-0.2, 0) is 9.59 Å². The van der Waals surface area contributed by atoms with Crippen molar-refractivity contribution in [3.05, 3.63) is 47.5 Å². The molecule has 1 aromatic heterocycles. The number of nitrogens with two attached hydrogens (primary N) is 1. The molecule has 0 spiro atoms. The number of alkyl halides is 3. The number of amides is 3. The molecule has 13 heteroatoms. The average Bonchev–Trinajstić information content (AvgIpc) is 3.81. The van der Waals surface area contributed by atoms with E-state index in [1.54, 1.807) is 16.1 Å². The minimum atomic E-state index is -4.62. The first kappa shape index (κ1) is 28.5. The fraction of sp³-hybridized carbons (Fsp3) is 0.538. The smallest absolute Gasteiger partial charge is 0.345 e. The van der Waals surface area contributed by atoms with Gasteiger partial charge in [0.05, 0.1) is 5.69 Å². The van der Waals surface area contributed by atoms with E-state index in [0.717, 1.165) is 31.7 Å². The lowest BCUT2D eigenvalue weighted by atomic mass is 9.88. The zero-order chi connectivity index (χ0) is 28.5. The Morgan fingerprint density at radius 3 is 2.26 bits per heavy atom. The van der Waals surface area contributed by atoms with Crippen LogP contribution in [0.2, 0.25) is 0 Å². The summed E-state index contributed by atoms with van der Waals surface area (Å²) in [7, 11) is 0. The molecule has 2 aromatic rings. The Bertz CT molecular complexity index is 1210. The van der Waals surface area contributed by atoms with E-state index in [4.69, 9.17) is 5.73 Å². The maximum absolute atomic E-state index is 15.0. The Morgan fingerprint density at radius 2 is 1.72 bits per heavy atom. The number of anilines is 1. The van der Waals surface area contributed by atoms with Gasteiger partial charge in [-0.05, 0) is 81.0 Å². The minimum Gasteiger partial charge on any atom is -0.345 e. The van der Waals surface area contributed by atoms with Gasteiger partial charge >= 0.3 is 6.18 Å². The third-order valence-electron chi connectivity index (χ3n) is 7.03. The molecule has 39 heavy (non-hydrogen) atoms. The highest BCUT2D eigenvalue weighted by Gasteiger charge is 2.48. The first-order valence-corrected chi connectivity index (χ1v) is 12.9. The number of carbonyl (C=O) groups is 3. The van der Waals surface area contributed by atoms with Gasteiger partial charge in [0.1, 0.15) is 30.1 Å². The van der Waals surface area contributed by atoms with Crippen LogP contribution in [0.5, 0.6) is 0 Å². The maximum Gasteiger partial charge on any atom is 0.405 e. The number of hydrogen-bond donors (Lipinski definition) is 4. The summed E-state index contributed by atoms with van der Waals surface area (Å²) in [4.78, 5) is 38.7. The van der Waals surface area contributed by atoms with E-state index in [-0.39, 0.29) is 35.0 Å². The van der Waals surface area contributed by atoms with E-state index >= 15 is 0 Å². The van der Waals surface area contributed by atoms with Crippen molar-refractivity contribution >= 4 is 23.4 Å². The zero-order valence-electron chi connectivity index (χ0n) is 21.6. The van der Waals surface area contributed by atoms with Gasteiger partial charge < -0.3 is 21.7 Å². The molecule has 2 atom stereocenters. The predicted molar refractivity (Wildman–Crippen MR) is 134 cm³/mol. The fourth-order valence-electron chi connectivity index (χ4n) is 4.83. The summed E-state index contributed by atoms with van der Waals surface area (Å²) < 4.78 is 53.7. The highest BCUT2D eigenvalue weighted by atomic mass is 19.4. The second-order valence-corrected chi connectivity index (χ2v) is 10.5. The van der Waals surface area contributed by atoms with Crippen molar-refractivity contribution in [1.29, 1.82) is 0 Å². The molecule has 2 aliphatic rings. The van der Waals surface area contributed by atoms with Crippen LogP contribution in [0, 0.1) is 23.6 Å². The number of hydrogen-bond acceptors (Lipinski definition) is 5. The number of nitrogens with one attached hydrogen (secondary N) is 3. The topological polar surface area (TPSA) is 131 Å². The third-order valence-corrected chi connectivity index (χ3v) is 7.03. The van der Waals surface area contributed by atoms with Crippen molar-refractivity contribution in [3.8, 4) is 0 Å². The van der Waals surface area contributed by atoms with Gasteiger partial charge in [0.25, 0.3) is 5.91 Å². The number of nitrogens with zero attached hydrogens (tertiary/aromatic N) is 2. The van der Waals surface area contributed by atoms with Crippen LogP contribution in [0.4, 0.5) is 23.2 Å². The van der Waals surface area contributed by atoms with E-state index in [9.17, 15) is 31.9 Å². The lowest BCUT2D eigenvalue weighted by molar-refractivity contribution is -0.139. The van der Waals surface area contributed by atoms with E-state index in [1.807, 2.05) is 13.8 Å². The molecule has 5 N–H and O–H groups in total. The summed E-state index contributed by atoms with van der Waals surface area (Å²) in [5.74, 6) is -2.62. The molecule has 3 amide bonds. The molecule has 0 saturated heterocycles. The van der Waals surface area contributed by atoms with Crippen molar-refractivity contribution < 1.29 is 31.9 Å². The highest BCUT2D eigenvalue weighted by molar-refractivity contribution is 6.01. The van der Waals surface area contributed by atoms with Crippen LogP contribution in [0.25, 0.3) is 0 Å². The Labute approximate surface area is 222 Å². The van der Waals surface area contributed by atoms with Crippen LogP contribution in [-0.4, -0.2) is 46.3 Å². The van der Waals surface area contributed by atoms with Crippen molar-refractivity contribution in [2.45, 2.75) is 63.8 Å². The van der Waals surface area contributed by atoms with Gasteiger partial charge in [-0.15, -0.1) is 0 Å². The number of carbonyl (C=O) groups excluding carboxylic acids is 3. The maximum atomic E-state index is 15.0. The normalized spacial score (nSPS) is 17.2. The largest absolute Gasteiger partial charge is 0.405 e. The van der Waals surface area contributed by atoms with E-state index in [0.29, 0.717) is 5.69 Å². The monoisotopic (exact) mass is 552 g/mol. The molecule has 2 aliphatic carbocycles. The number of rotatable bonds is 11. The molecule has 2 saturated carbocycles. The second-order valence-electron chi connectivity index (χ2n) is 10.5. The Balaban J connectivity index is 1.50. The molecule has 0 bridgehead atoms. The highest BCUT2D eigenvalue weighted by Crippen LogP contribution is 2.51. The van der Waals surface area contributed by atoms with E-state index in [1.165, 1.54) is 18.3 Å². The van der Waals surface area contributed by atoms with Gasteiger partial charge in [-0.1, -0.05) is 6.07 Å². The lowest BCUT2D eigenvalue weighted by Crippen LogP contribution is -2.50. The van der Waals surface area contributed by atoms with Crippen molar-refractivity contribution in [2.24, 2.45) is 23.5 Å². The molecule has 4 rings (SSSR count). The van der Waals surface area contributed by atoms with Gasteiger partial charge in [0.15, 0.2) is 0 Å². The van der Waals surface area contributed by atoms with Crippen molar-refractivity contribution in [1.82, 2.24) is 20.4 Å². The van der Waals surface area contributed by atoms with Gasteiger partial charge in [0.2, 0.25) is 11.8 Å². The van der Waals surface area contributed by atoms with Gasteiger partial charge in [0, 0.05) is 12.2 Å². The predicted octanol–water partition coefficient (Wildman–Crippen LogP) is 3.45. The Morgan fingerprint density at radius 1 is 1.08 bits per heavy atom. The fourth-order valence-corrected chi connectivity index (χ4v) is 4.83. The SMILES string of the molecule is CC(C)n1nccc1C(=O)NC(C(=O)Nc1ccc(C(N)C(=O)NCC(F)(F)F)cc1F)C(C1CC1)C1CC1. The quantitative estimate of drug-likeness (QED) is 0.317. The molecule has 0 aliphatic heterocycles. The van der Waals surface area contributed by atoms with Crippen LogP contribution in [0.15, 0.2) is 30.5 Å². The minimum absolute atomic E-state index is 0.0641. The molecular weight excluding hydrogens is 520 g/mol. The standard InChI is InChI=1S/C26H32F4N6O3/c1-13(2)36-19(9-10-33-36)23(37)35-22(20(14-3-4-14)15-5-6-15)25(39)34-18-8-7-16(11-17(18)27)21(31)24(38)32-12-26(28,29)30/h7-11,13-15,20-22H,3-6,12,31H2,1-2H3,(H,32,38)(H,34,39)(H,35,37).